The molecule has 2 N–H and O–H groups in total. The topological polar surface area (TPSA) is 58.2 Å². The van der Waals surface area contributed by atoms with Crippen LogP contribution in [0, 0.1) is 0 Å². The summed E-state index contributed by atoms with van der Waals surface area (Å²) in [5.41, 5.74) is 1.28. The average molecular weight is 206 g/mol. The van der Waals surface area contributed by atoms with Gasteiger partial charge < -0.3 is 10.6 Å². The van der Waals surface area contributed by atoms with Crippen LogP contribution in [0.25, 0.3) is 0 Å². The first-order valence-electron chi connectivity index (χ1n) is 4.79. The molecule has 0 aliphatic rings. The standard InChI is InChI=1S/C11H14N2O2/c1-3-12-11(15)9-4-6-10(7-5-9)13-8(2)14/h4-7H,3H2,1-2H3,(H,12,15)(H,13,14). The van der Waals surface area contributed by atoms with Gasteiger partial charge in [-0.05, 0) is 31.2 Å². The maximum atomic E-state index is 11.4. The summed E-state index contributed by atoms with van der Waals surface area (Å²) in [6, 6.07) is 6.75. The maximum absolute atomic E-state index is 11.4. The van der Waals surface area contributed by atoms with Crippen molar-refractivity contribution in [2.75, 3.05) is 11.9 Å². The van der Waals surface area contributed by atoms with Crippen molar-refractivity contribution in [3.63, 3.8) is 0 Å². The van der Waals surface area contributed by atoms with Gasteiger partial charge in [0.1, 0.15) is 0 Å². The first-order valence-corrected chi connectivity index (χ1v) is 4.79. The zero-order valence-corrected chi connectivity index (χ0v) is 8.83. The van der Waals surface area contributed by atoms with E-state index in [1.54, 1.807) is 24.3 Å². The van der Waals surface area contributed by atoms with Crippen LogP contribution in [0.4, 0.5) is 5.69 Å². The van der Waals surface area contributed by atoms with Crippen molar-refractivity contribution in [2.45, 2.75) is 13.8 Å². The molecule has 2 amide bonds. The smallest absolute Gasteiger partial charge is 0.251 e. The predicted octanol–water partition coefficient (Wildman–Crippen LogP) is 1.39. The van der Waals surface area contributed by atoms with Gasteiger partial charge in [-0.25, -0.2) is 0 Å². The second kappa shape index (κ2) is 5.14. The van der Waals surface area contributed by atoms with Crippen molar-refractivity contribution in [3.8, 4) is 0 Å². The molecule has 0 aromatic heterocycles. The zero-order chi connectivity index (χ0) is 11.3. The van der Waals surface area contributed by atoms with Gasteiger partial charge in [0.05, 0.1) is 0 Å². The Kier molecular flexibility index (Phi) is 3.85. The number of carbonyl (C=O) groups excluding carboxylic acids is 2. The molecule has 0 radical (unpaired) electrons. The number of hydrogen-bond donors (Lipinski definition) is 2. The molecule has 0 aliphatic heterocycles. The van der Waals surface area contributed by atoms with Crippen LogP contribution >= 0.6 is 0 Å². The minimum Gasteiger partial charge on any atom is -0.352 e. The van der Waals surface area contributed by atoms with E-state index in [4.69, 9.17) is 0 Å². The summed E-state index contributed by atoms with van der Waals surface area (Å²) in [4.78, 5) is 22.1. The maximum Gasteiger partial charge on any atom is 0.251 e. The van der Waals surface area contributed by atoms with Crippen LogP contribution in [-0.2, 0) is 4.79 Å². The fourth-order valence-corrected chi connectivity index (χ4v) is 1.17. The van der Waals surface area contributed by atoms with Crippen molar-refractivity contribution in [2.24, 2.45) is 0 Å². The van der Waals surface area contributed by atoms with Gasteiger partial charge in [0.15, 0.2) is 0 Å². The van der Waals surface area contributed by atoms with Crippen LogP contribution in [0.5, 0.6) is 0 Å². The quantitative estimate of drug-likeness (QED) is 0.785. The molecular weight excluding hydrogens is 192 g/mol. The lowest BCUT2D eigenvalue weighted by molar-refractivity contribution is -0.114. The minimum atomic E-state index is -0.124. The number of benzene rings is 1. The highest BCUT2D eigenvalue weighted by Gasteiger charge is 2.03. The lowest BCUT2D eigenvalue weighted by atomic mass is 10.2. The Morgan fingerprint density at radius 2 is 1.80 bits per heavy atom. The van der Waals surface area contributed by atoms with Crippen molar-refractivity contribution >= 4 is 17.5 Å². The number of anilines is 1. The second-order valence-corrected chi connectivity index (χ2v) is 3.12. The van der Waals surface area contributed by atoms with Crippen molar-refractivity contribution in [1.29, 1.82) is 0 Å². The Morgan fingerprint density at radius 3 is 2.27 bits per heavy atom. The first-order chi connectivity index (χ1) is 7.13. The Labute approximate surface area is 88.7 Å². The SMILES string of the molecule is CCNC(=O)c1ccc(NC(C)=O)cc1. The van der Waals surface area contributed by atoms with Crippen LogP contribution in [0.3, 0.4) is 0 Å². The van der Waals surface area contributed by atoms with E-state index in [1.807, 2.05) is 6.92 Å². The third-order valence-electron chi connectivity index (χ3n) is 1.80. The average Bonchev–Trinajstić information content (AvgIpc) is 2.18. The fourth-order valence-electron chi connectivity index (χ4n) is 1.17. The molecule has 0 bridgehead atoms. The Balaban J connectivity index is 2.71. The van der Waals surface area contributed by atoms with Crippen LogP contribution in [0.15, 0.2) is 24.3 Å². The summed E-state index contributed by atoms with van der Waals surface area (Å²) >= 11 is 0. The minimum absolute atomic E-state index is 0.105. The molecular formula is C11H14N2O2. The Morgan fingerprint density at radius 1 is 1.20 bits per heavy atom. The van der Waals surface area contributed by atoms with Gasteiger partial charge in [-0.1, -0.05) is 0 Å². The van der Waals surface area contributed by atoms with Gasteiger partial charge in [0, 0.05) is 24.7 Å². The molecule has 4 heteroatoms. The van der Waals surface area contributed by atoms with Crippen molar-refractivity contribution < 1.29 is 9.59 Å². The van der Waals surface area contributed by atoms with Crippen LogP contribution < -0.4 is 10.6 Å². The van der Waals surface area contributed by atoms with E-state index in [9.17, 15) is 9.59 Å². The highest BCUT2D eigenvalue weighted by atomic mass is 16.2. The fraction of sp³-hybridized carbons (Fsp3) is 0.273. The monoisotopic (exact) mass is 206 g/mol. The van der Waals surface area contributed by atoms with Gasteiger partial charge in [-0.15, -0.1) is 0 Å². The molecule has 1 aromatic rings. The summed E-state index contributed by atoms with van der Waals surface area (Å²) in [6.07, 6.45) is 0. The number of amides is 2. The summed E-state index contributed by atoms with van der Waals surface area (Å²) < 4.78 is 0. The molecule has 0 saturated carbocycles. The second-order valence-electron chi connectivity index (χ2n) is 3.12. The highest BCUT2D eigenvalue weighted by Crippen LogP contribution is 2.09. The molecule has 0 saturated heterocycles. The van der Waals surface area contributed by atoms with Crippen molar-refractivity contribution in [1.82, 2.24) is 5.32 Å². The normalized spacial score (nSPS) is 9.47. The lowest BCUT2D eigenvalue weighted by Crippen LogP contribution is -2.22. The predicted molar refractivity (Wildman–Crippen MR) is 58.8 cm³/mol. The molecule has 0 heterocycles. The van der Waals surface area contributed by atoms with Crippen LogP contribution in [0.1, 0.15) is 24.2 Å². The van der Waals surface area contributed by atoms with Gasteiger partial charge in [-0.2, -0.15) is 0 Å². The van der Waals surface area contributed by atoms with Crippen LogP contribution in [0.2, 0.25) is 0 Å². The van der Waals surface area contributed by atoms with Gasteiger partial charge in [-0.3, -0.25) is 9.59 Å². The van der Waals surface area contributed by atoms with Crippen molar-refractivity contribution in [3.05, 3.63) is 29.8 Å². The van der Waals surface area contributed by atoms with E-state index < -0.39 is 0 Å². The number of rotatable bonds is 3. The molecule has 15 heavy (non-hydrogen) atoms. The largest absolute Gasteiger partial charge is 0.352 e. The number of carbonyl (C=O) groups is 2. The van der Waals surface area contributed by atoms with Crippen LogP contribution in [-0.4, -0.2) is 18.4 Å². The molecule has 0 aliphatic carbocycles. The lowest BCUT2D eigenvalue weighted by Gasteiger charge is -2.04. The van der Waals surface area contributed by atoms with Gasteiger partial charge in [0.25, 0.3) is 5.91 Å². The number of hydrogen-bond acceptors (Lipinski definition) is 2. The van der Waals surface area contributed by atoms with E-state index in [1.165, 1.54) is 6.92 Å². The zero-order valence-electron chi connectivity index (χ0n) is 8.83. The van der Waals surface area contributed by atoms with E-state index in [2.05, 4.69) is 10.6 Å². The molecule has 1 rings (SSSR count). The molecule has 4 nitrogen and oxygen atoms in total. The molecule has 80 valence electrons. The van der Waals surface area contributed by atoms with E-state index in [0.29, 0.717) is 17.8 Å². The van der Waals surface area contributed by atoms with E-state index in [-0.39, 0.29) is 11.8 Å². The highest BCUT2D eigenvalue weighted by molar-refractivity contribution is 5.95. The summed E-state index contributed by atoms with van der Waals surface area (Å²) in [6.45, 7) is 3.91. The van der Waals surface area contributed by atoms with Gasteiger partial charge in [0.2, 0.25) is 5.91 Å². The summed E-state index contributed by atoms with van der Waals surface area (Å²) in [5, 5.41) is 5.33. The Bertz CT molecular complexity index is 357. The molecule has 1 aromatic carbocycles. The van der Waals surface area contributed by atoms with E-state index >= 15 is 0 Å². The Hall–Kier alpha value is -1.84. The summed E-state index contributed by atoms with van der Waals surface area (Å²) in [7, 11) is 0. The van der Waals surface area contributed by atoms with E-state index in [0.717, 1.165) is 0 Å². The molecule has 0 atom stereocenters. The third kappa shape index (κ3) is 3.42. The molecule has 0 unspecified atom stereocenters. The summed E-state index contributed by atoms with van der Waals surface area (Å²) in [5.74, 6) is -0.229. The first kappa shape index (κ1) is 11.2. The molecule has 0 spiro atoms. The number of nitrogens with one attached hydrogen (secondary N) is 2. The molecule has 0 fully saturated rings. The third-order valence-corrected chi connectivity index (χ3v) is 1.80. The van der Waals surface area contributed by atoms with Gasteiger partial charge >= 0.3 is 0 Å².